The van der Waals surface area contributed by atoms with Crippen molar-refractivity contribution in [3.05, 3.63) is 36.4 Å². The molecule has 3 saturated carbocycles. The molecule has 6 heteroatoms. The number of nitrogens with zero attached hydrogens (tertiary/aromatic N) is 3. The van der Waals surface area contributed by atoms with Gasteiger partial charge >= 0.3 is 0 Å². The Balaban J connectivity index is 1.37. The van der Waals surface area contributed by atoms with Crippen LogP contribution in [0.3, 0.4) is 0 Å². The second kappa shape index (κ2) is 6.89. The normalized spacial score (nSPS) is 42.3. The van der Waals surface area contributed by atoms with E-state index in [1.807, 2.05) is 11.9 Å². The molecule has 2 amide bonds. The van der Waals surface area contributed by atoms with Crippen molar-refractivity contribution in [1.82, 2.24) is 20.2 Å². The SMILES string of the molecule is CN1C(=O)C=C[C@]2(C)[C@H]3CC[C@]4(C)[C@@H](NC(=O)c5cnccn5)CC[C@H]4[C@@H]3CC[C@@H]12. The average molecular weight is 409 g/mol. The van der Waals surface area contributed by atoms with E-state index in [4.69, 9.17) is 0 Å². The van der Waals surface area contributed by atoms with E-state index in [1.165, 1.54) is 19.0 Å². The lowest BCUT2D eigenvalue weighted by Gasteiger charge is -2.60. The lowest BCUT2D eigenvalue weighted by atomic mass is 9.48. The number of hydrogen-bond acceptors (Lipinski definition) is 4. The van der Waals surface area contributed by atoms with Gasteiger partial charge in [0.05, 0.1) is 6.20 Å². The Hall–Kier alpha value is -2.24. The highest BCUT2D eigenvalue weighted by atomic mass is 16.2. The number of amides is 2. The molecule has 0 bridgehead atoms. The molecule has 0 aromatic carbocycles. The number of aromatic nitrogens is 2. The van der Waals surface area contributed by atoms with Crippen LogP contribution in [0.5, 0.6) is 0 Å². The van der Waals surface area contributed by atoms with Crippen LogP contribution in [0.1, 0.15) is 62.9 Å². The summed E-state index contributed by atoms with van der Waals surface area (Å²) in [6.07, 6.45) is 15.5. The summed E-state index contributed by atoms with van der Waals surface area (Å²) < 4.78 is 0. The molecule has 0 saturated heterocycles. The number of nitrogens with one attached hydrogen (secondary N) is 1. The van der Waals surface area contributed by atoms with Crippen molar-refractivity contribution >= 4 is 11.8 Å². The van der Waals surface area contributed by atoms with Gasteiger partial charge in [-0.05, 0) is 67.8 Å². The molecule has 6 nitrogen and oxygen atoms in total. The summed E-state index contributed by atoms with van der Waals surface area (Å²) in [4.78, 5) is 35.2. The smallest absolute Gasteiger partial charge is 0.271 e. The van der Waals surface area contributed by atoms with E-state index in [0.29, 0.717) is 29.5 Å². The molecular formula is C24H32N4O2. The second-order valence-corrected chi connectivity index (χ2v) is 10.4. The van der Waals surface area contributed by atoms with Gasteiger partial charge in [0.2, 0.25) is 5.91 Å². The molecule has 0 radical (unpaired) electrons. The molecule has 1 N–H and O–H groups in total. The number of fused-ring (bicyclic) bond motifs is 5. The summed E-state index contributed by atoms with van der Waals surface area (Å²) in [6.45, 7) is 4.77. The fourth-order valence-corrected chi connectivity index (χ4v) is 7.62. The Morgan fingerprint density at radius 1 is 1.13 bits per heavy atom. The van der Waals surface area contributed by atoms with Gasteiger partial charge in [-0.3, -0.25) is 14.6 Å². The van der Waals surface area contributed by atoms with Crippen LogP contribution in [0, 0.1) is 28.6 Å². The summed E-state index contributed by atoms with van der Waals surface area (Å²) in [5.74, 6) is 1.93. The largest absolute Gasteiger partial charge is 0.347 e. The van der Waals surface area contributed by atoms with Crippen molar-refractivity contribution in [2.24, 2.45) is 28.6 Å². The minimum atomic E-state index is -0.108. The molecule has 4 aliphatic rings. The van der Waals surface area contributed by atoms with Gasteiger partial charge < -0.3 is 10.2 Å². The van der Waals surface area contributed by atoms with Crippen molar-refractivity contribution in [2.75, 3.05) is 7.05 Å². The van der Waals surface area contributed by atoms with Crippen molar-refractivity contribution in [2.45, 2.75) is 64.5 Å². The lowest BCUT2D eigenvalue weighted by Crippen LogP contribution is -2.60. The van der Waals surface area contributed by atoms with Crippen LogP contribution in [-0.4, -0.2) is 45.8 Å². The Kier molecular flexibility index (Phi) is 4.53. The molecule has 3 aliphatic carbocycles. The third-order valence-corrected chi connectivity index (χ3v) is 9.23. The fraction of sp³-hybridized carbons (Fsp3) is 0.667. The maximum atomic E-state index is 12.7. The van der Waals surface area contributed by atoms with Crippen LogP contribution < -0.4 is 5.32 Å². The van der Waals surface area contributed by atoms with Gasteiger partial charge in [-0.15, -0.1) is 0 Å². The first-order valence-corrected chi connectivity index (χ1v) is 11.4. The van der Waals surface area contributed by atoms with Gasteiger partial charge in [-0.2, -0.15) is 0 Å². The standard InChI is InChI=1S/C24H32N4O2/c1-23-10-8-17-15(4-7-20-24(17,2)11-9-21(29)28(20)3)16(23)5-6-19(23)27-22(30)18-14-25-12-13-26-18/h9,11-17,19-20H,4-8,10H2,1-3H3,(H,27,30)/t15-,16-,17-,19-,20+,23-,24+/m0/s1. The van der Waals surface area contributed by atoms with Crippen LogP contribution in [0.15, 0.2) is 30.7 Å². The molecule has 30 heavy (non-hydrogen) atoms. The monoisotopic (exact) mass is 408 g/mol. The first-order valence-electron chi connectivity index (χ1n) is 11.4. The first-order chi connectivity index (χ1) is 14.3. The zero-order valence-corrected chi connectivity index (χ0v) is 18.2. The Labute approximate surface area is 178 Å². The predicted octanol–water partition coefficient (Wildman–Crippen LogP) is 3.21. The molecule has 3 fully saturated rings. The van der Waals surface area contributed by atoms with Crippen LogP contribution in [0.25, 0.3) is 0 Å². The van der Waals surface area contributed by atoms with Gasteiger partial charge in [0, 0.05) is 36.9 Å². The number of carbonyl (C=O) groups excluding carboxylic acids is 2. The minimum Gasteiger partial charge on any atom is -0.347 e. The molecule has 5 rings (SSSR count). The molecular weight excluding hydrogens is 376 g/mol. The number of carbonyl (C=O) groups is 2. The maximum absolute atomic E-state index is 12.7. The van der Waals surface area contributed by atoms with E-state index in [0.717, 1.165) is 25.7 Å². The van der Waals surface area contributed by atoms with Crippen LogP contribution in [0.2, 0.25) is 0 Å². The topological polar surface area (TPSA) is 75.2 Å². The number of rotatable bonds is 2. The van der Waals surface area contributed by atoms with Gasteiger partial charge in [-0.25, -0.2) is 4.98 Å². The molecule has 1 aromatic rings. The quantitative estimate of drug-likeness (QED) is 0.815. The van der Waals surface area contributed by atoms with E-state index in [9.17, 15) is 9.59 Å². The van der Waals surface area contributed by atoms with Crippen molar-refractivity contribution in [3.63, 3.8) is 0 Å². The highest BCUT2D eigenvalue weighted by Crippen LogP contribution is 2.63. The molecule has 2 heterocycles. The van der Waals surface area contributed by atoms with Gasteiger partial charge in [-0.1, -0.05) is 19.9 Å². The number of hydrogen-bond donors (Lipinski definition) is 1. The van der Waals surface area contributed by atoms with Crippen LogP contribution in [0.4, 0.5) is 0 Å². The van der Waals surface area contributed by atoms with E-state index in [-0.39, 0.29) is 28.7 Å². The van der Waals surface area contributed by atoms with Crippen LogP contribution in [-0.2, 0) is 4.79 Å². The highest BCUT2D eigenvalue weighted by Gasteiger charge is 2.60. The van der Waals surface area contributed by atoms with Crippen molar-refractivity contribution in [1.29, 1.82) is 0 Å². The molecule has 1 aromatic heterocycles. The molecule has 7 atom stereocenters. The van der Waals surface area contributed by atoms with E-state index < -0.39 is 0 Å². The maximum Gasteiger partial charge on any atom is 0.271 e. The minimum absolute atomic E-state index is 0.0634. The van der Waals surface area contributed by atoms with Gasteiger partial charge in [0.1, 0.15) is 5.69 Å². The highest BCUT2D eigenvalue weighted by molar-refractivity contribution is 5.92. The Bertz CT molecular complexity index is 886. The molecule has 160 valence electrons. The van der Waals surface area contributed by atoms with Gasteiger partial charge in [0.15, 0.2) is 0 Å². The third kappa shape index (κ3) is 2.75. The summed E-state index contributed by atoms with van der Waals surface area (Å²) in [7, 11) is 1.97. The van der Waals surface area contributed by atoms with Crippen molar-refractivity contribution < 1.29 is 9.59 Å². The molecule has 0 spiro atoms. The first kappa shape index (κ1) is 19.7. The molecule has 1 aliphatic heterocycles. The van der Waals surface area contributed by atoms with E-state index in [2.05, 4.69) is 35.2 Å². The zero-order chi connectivity index (χ0) is 21.1. The van der Waals surface area contributed by atoms with Crippen molar-refractivity contribution in [3.8, 4) is 0 Å². The number of likely N-dealkylation sites (N-methyl/N-ethyl adjacent to an activating group) is 1. The predicted molar refractivity (Wildman–Crippen MR) is 113 cm³/mol. The Morgan fingerprint density at radius 2 is 1.97 bits per heavy atom. The third-order valence-electron chi connectivity index (χ3n) is 9.23. The van der Waals surface area contributed by atoms with E-state index >= 15 is 0 Å². The van der Waals surface area contributed by atoms with Crippen LogP contribution >= 0.6 is 0 Å². The summed E-state index contributed by atoms with van der Waals surface area (Å²) in [6, 6.07) is 0.504. The lowest BCUT2D eigenvalue weighted by molar-refractivity contribution is -0.138. The second-order valence-electron chi connectivity index (χ2n) is 10.4. The Morgan fingerprint density at radius 3 is 2.73 bits per heavy atom. The zero-order valence-electron chi connectivity index (χ0n) is 18.2. The summed E-state index contributed by atoms with van der Waals surface area (Å²) >= 11 is 0. The summed E-state index contributed by atoms with van der Waals surface area (Å²) in [5.41, 5.74) is 0.585. The molecule has 0 unspecified atom stereocenters. The van der Waals surface area contributed by atoms with E-state index in [1.54, 1.807) is 18.5 Å². The van der Waals surface area contributed by atoms with Gasteiger partial charge in [0.25, 0.3) is 5.91 Å². The summed E-state index contributed by atoms with van der Waals surface area (Å²) in [5, 5.41) is 3.30. The average Bonchev–Trinajstić information content (AvgIpc) is 3.08. The fourth-order valence-electron chi connectivity index (χ4n) is 7.62.